The van der Waals surface area contributed by atoms with E-state index in [0.717, 1.165) is 33.8 Å². The molecule has 0 aliphatic heterocycles. The lowest BCUT2D eigenvalue weighted by molar-refractivity contribution is -0.137. The highest BCUT2D eigenvalue weighted by Gasteiger charge is 2.30. The van der Waals surface area contributed by atoms with Crippen molar-refractivity contribution in [3.05, 3.63) is 90.1 Å². The van der Waals surface area contributed by atoms with Crippen molar-refractivity contribution in [2.24, 2.45) is 0 Å². The molecule has 1 aromatic heterocycles. The first kappa shape index (κ1) is 20.1. The van der Waals surface area contributed by atoms with Gasteiger partial charge in [-0.1, -0.05) is 63.2 Å². The fourth-order valence-corrected chi connectivity index (χ4v) is 3.73. The van der Waals surface area contributed by atoms with Crippen molar-refractivity contribution in [1.82, 2.24) is 4.98 Å². The molecule has 0 aliphatic carbocycles. The molecule has 152 valence electrons. The number of halogens is 3. The fourth-order valence-electron chi connectivity index (χ4n) is 3.73. The number of rotatable bonds is 2. The maximum atomic E-state index is 13.0. The number of benzene rings is 3. The lowest BCUT2D eigenvalue weighted by Crippen LogP contribution is -2.12. The molecule has 4 rings (SSSR count). The van der Waals surface area contributed by atoms with Gasteiger partial charge in [-0.2, -0.15) is 13.2 Å². The Balaban J connectivity index is 1.77. The summed E-state index contributed by atoms with van der Waals surface area (Å²) in [5, 5.41) is 1.31. The van der Waals surface area contributed by atoms with Crippen molar-refractivity contribution in [1.29, 1.82) is 0 Å². The number of fused-ring (bicyclic) bond motifs is 1. The molecule has 4 aromatic rings. The van der Waals surface area contributed by atoms with Gasteiger partial charge >= 0.3 is 6.18 Å². The van der Waals surface area contributed by atoms with Gasteiger partial charge < -0.3 is 0 Å². The SMILES string of the molecule is CC(C)(C)c1ccccc1-c1ccnc(-c2ccc3cc(C(F)(F)F)ccc3c2)c1. The van der Waals surface area contributed by atoms with Crippen LogP contribution in [0.1, 0.15) is 31.9 Å². The summed E-state index contributed by atoms with van der Waals surface area (Å²) in [5.41, 5.74) is 4.50. The standard InChI is InChI=1S/C26H22F3N/c1-25(2,3)23-7-5-4-6-22(23)19-12-13-30-24(16-19)20-9-8-18-15-21(26(27,28)29)11-10-17(18)14-20/h4-16H,1-3H3. The predicted molar refractivity (Wildman–Crippen MR) is 116 cm³/mol. The minimum Gasteiger partial charge on any atom is -0.256 e. The van der Waals surface area contributed by atoms with Crippen molar-refractivity contribution in [3.8, 4) is 22.4 Å². The first-order valence-corrected chi connectivity index (χ1v) is 9.80. The average Bonchev–Trinajstić information content (AvgIpc) is 2.72. The second kappa shape index (κ2) is 7.28. The summed E-state index contributed by atoms with van der Waals surface area (Å²) >= 11 is 0. The number of nitrogens with zero attached hydrogens (tertiary/aromatic N) is 1. The van der Waals surface area contributed by atoms with Gasteiger partial charge in [0, 0.05) is 11.8 Å². The van der Waals surface area contributed by atoms with Gasteiger partial charge in [0.05, 0.1) is 11.3 Å². The lowest BCUT2D eigenvalue weighted by Gasteiger charge is -2.23. The van der Waals surface area contributed by atoms with E-state index in [4.69, 9.17) is 0 Å². The Morgan fingerprint density at radius 3 is 2.13 bits per heavy atom. The Hall–Kier alpha value is -3.14. The molecule has 0 amide bonds. The van der Waals surface area contributed by atoms with Gasteiger partial charge in [0.15, 0.2) is 0 Å². The molecule has 30 heavy (non-hydrogen) atoms. The van der Waals surface area contributed by atoms with E-state index >= 15 is 0 Å². The van der Waals surface area contributed by atoms with Crippen LogP contribution >= 0.6 is 0 Å². The molecule has 1 nitrogen and oxygen atoms in total. The summed E-state index contributed by atoms with van der Waals surface area (Å²) in [6, 6.07) is 21.6. The van der Waals surface area contributed by atoms with Crippen LogP contribution in [0.15, 0.2) is 79.0 Å². The van der Waals surface area contributed by atoms with Gasteiger partial charge in [-0.3, -0.25) is 4.98 Å². The number of hydrogen-bond donors (Lipinski definition) is 0. The molecular formula is C26H22F3N. The van der Waals surface area contributed by atoms with Crippen LogP contribution < -0.4 is 0 Å². The molecule has 0 radical (unpaired) electrons. The fraction of sp³-hybridized carbons (Fsp3) is 0.192. The Labute approximate surface area is 174 Å². The van der Waals surface area contributed by atoms with Gasteiger partial charge in [0.1, 0.15) is 0 Å². The molecule has 0 saturated heterocycles. The zero-order valence-electron chi connectivity index (χ0n) is 17.1. The number of pyridine rings is 1. The molecule has 0 unspecified atom stereocenters. The number of aromatic nitrogens is 1. The monoisotopic (exact) mass is 405 g/mol. The summed E-state index contributed by atoms with van der Waals surface area (Å²) in [6.07, 6.45) is -2.57. The molecule has 4 heteroatoms. The molecule has 1 heterocycles. The van der Waals surface area contributed by atoms with E-state index in [2.05, 4.69) is 37.9 Å². The van der Waals surface area contributed by atoms with E-state index in [1.165, 1.54) is 17.7 Å². The minimum atomic E-state index is -4.34. The Morgan fingerprint density at radius 1 is 0.700 bits per heavy atom. The van der Waals surface area contributed by atoms with Crippen molar-refractivity contribution in [2.75, 3.05) is 0 Å². The third kappa shape index (κ3) is 3.95. The van der Waals surface area contributed by atoms with Crippen molar-refractivity contribution >= 4 is 10.8 Å². The van der Waals surface area contributed by atoms with Crippen molar-refractivity contribution in [2.45, 2.75) is 32.4 Å². The highest BCUT2D eigenvalue weighted by atomic mass is 19.4. The smallest absolute Gasteiger partial charge is 0.256 e. The summed E-state index contributed by atoms with van der Waals surface area (Å²) < 4.78 is 38.9. The van der Waals surface area contributed by atoms with E-state index in [1.807, 2.05) is 36.4 Å². The third-order valence-corrected chi connectivity index (χ3v) is 5.27. The van der Waals surface area contributed by atoms with E-state index in [0.29, 0.717) is 5.39 Å². The Bertz CT molecular complexity index is 1220. The highest BCUT2D eigenvalue weighted by molar-refractivity contribution is 5.88. The molecule has 0 aliphatic rings. The molecule has 0 N–H and O–H groups in total. The number of hydrogen-bond acceptors (Lipinski definition) is 1. The van der Waals surface area contributed by atoms with Crippen LogP contribution in [-0.2, 0) is 11.6 Å². The molecule has 0 saturated carbocycles. The van der Waals surface area contributed by atoms with Gasteiger partial charge in [0.25, 0.3) is 0 Å². The highest BCUT2D eigenvalue weighted by Crippen LogP contribution is 2.35. The molecular weight excluding hydrogens is 383 g/mol. The minimum absolute atomic E-state index is 0.000827. The average molecular weight is 405 g/mol. The van der Waals surface area contributed by atoms with Gasteiger partial charge in [0.2, 0.25) is 0 Å². The molecule has 3 aromatic carbocycles. The second-order valence-corrected chi connectivity index (χ2v) is 8.50. The van der Waals surface area contributed by atoms with Crippen molar-refractivity contribution in [3.63, 3.8) is 0 Å². The van der Waals surface area contributed by atoms with Gasteiger partial charge in [-0.15, -0.1) is 0 Å². The first-order valence-electron chi connectivity index (χ1n) is 9.80. The molecule has 0 spiro atoms. The van der Waals surface area contributed by atoms with Crippen LogP contribution in [0.3, 0.4) is 0 Å². The summed E-state index contributed by atoms with van der Waals surface area (Å²) in [5.74, 6) is 0. The van der Waals surface area contributed by atoms with E-state index < -0.39 is 11.7 Å². The van der Waals surface area contributed by atoms with Crippen LogP contribution in [0.2, 0.25) is 0 Å². The van der Waals surface area contributed by atoms with E-state index in [9.17, 15) is 13.2 Å². The maximum Gasteiger partial charge on any atom is 0.416 e. The maximum absolute atomic E-state index is 13.0. The number of alkyl halides is 3. The zero-order valence-corrected chi connectivity index (χ0v) is 17.1. The summed E-state index contributed by atoms with van der Waals surface area (Å²) in [4.78, 5) is 4.51. The quantitative estimate of drug-likeness (QED) is 0.330. The largest absolute Gasteiger partial charge is 0.416 e. The van der Waals surface area contributed by atoms with Crippen LogP contribution in [-0.4, -0.2) is 4.98 Å². The van der Waals surface area contributed by atoms with Crippen LogP contribution in [0, 0.1) is 0 Å². The van der Waals surface area contributed by atoms with Crippen LogP contribution in [0.5, 0.6) is 0 Å². The topological polar surface area (TPSA) is 12.9 Å². The van der Waals surface area contributed by atoms with Gasteiger partial charge in [-0.05, 0) is 63.2 Å². The van der Waals surface area contributed by atoms with E-state index in [1.54, 1.807) is 12.3 Å². The van der Waals surface area contributed by atoms with Crippen LogP contribution in [0.4, 0.5) is 13.2 Å². The van der Waals surface area contributed by atoms with Gasteiger partial charge in [-0.25, -0.2) is 0 Å². The Kier molecular flexibility index (Phi) is 4.89. The lowest BCUT2D eigenvalue weighted by atomic mass is 9.82. The second-order valence-electron chi connectivity index (χ2n) is 8.50. The zero-order chi connectivity index (χ0) is 21.5. The predicted octanol–water partition coefficient (Wildman–Crippen LogP) is 7.89. The molecule has 0 atom stereocenters. The van der Waals surface area contributed by atoms with E-state index in [-0.39, 0.29) is 5.41 Å². The molecule has 0 bridgehead atoms. The Morgan fingerprint density at radius 2 is 1.40 bits per heavy atom. The summed E-state index contributed by atoms with van der Waals surface area (Å²) in [6.45, 7) is 6.56. The normalized spacial score (nSPS) is 12.3. The van der Waals surface area contributed by atoms with Crippen LogP contribution in [0.25, 0.3) is 33.2 Å². The molecule has 0 fully saturated rings. The summed E-state index contributed by atoms with van der Waals surface area (Å²) in [7, 11) is 0. The third-order valence-electron chi connectivity index (χ3n) is 5.27. The first-order chi connectivity index (χ1) is 14.1. The van der Waals surface area contributed by atoms with Crippen molar-refractivity contribution < 1.29 is 13.2 Å².